The lowest BCUT2D eigenvalue weighted by molar-refractivity contribution is 0.0524. The highest BCUT2D eigenvalue weighted by Gasteiger charge is 2.19. The van der Waals surface area contributed by atoms with Crippen LogP contribution in [0.5, 0.6) is 0 Å². The van der Waals surface area contributed by atoms with Gasteiger partial charge in [-0.05, 0) is 38.8 Å². The highest BCUT2D eigenvalue weighted by molar-refractivity contribution is 5.67. The van der Waals surface area contributed by atoms with Crippen molar-refractivity contribution in [3.05, 3.63) is 35.1 Å². The van der Waals surface area contributed by atoms with Gasteiger partial charge in [0.25, 0.3) is 0 Å². The lowest BCUT2D eigenvalue weighted by atomic mass is 9.97. The summed E-state index contributed by atoms with van der Waals surface area (Å²) in [7, 11) is 0. The molecule has 20 heavy (non-hydrogen) atoms. The number of carbonyl (C=O) groups is 1. The van der Waals surface area contributed by atoms with Crippen LogP contribution < -0.4 is 11.1 Å². The largest absolute Gasteiger partial charge is 0.444 e. The predicted octanol–water partition coefficient (Wildman–Crippen LogP) is 2.70. The summed E-state index contributed by atoms with van der Waals surface area (Å²) in [6, 6.07) is 5.17. The molecule has 1 rings (SSSR count). The van der Waals surface area contributed by atoms with Crippen LogP contribution in [0.4, 0.5) is 9.18 Å². The van der Waals surface area contributed by atoms with Gasteiger partial charge in [0.1, 0.15) is 11.4 Å². The van der Waals surface area contributed by atoms with Gasteiger partial charge in [-0.15, -0.1) is 0 Å². The summed E-state index contributed by atoms with van der Waals surface area (Å²) in [6.07, 6.45) is -0.524. The number of halogens is 1. The van der Waals surface area contributed by atoms with Crippen molar-refractivity contribution in [2.24, 2.45) is 5.73 Å². The van der Waals surface area contributed by atoms with E-state index in [1.165, 1.54) is 0 Å². The molecule has 1 aromatic carbocycles. The molecule has 0 aliphatic carbocycles. The van der Waals surface area contributed by atoms with Gasteiger partial charge in [0.05, 0.1) is 0 Å². The summed E-state index contributed by atoms with van der Waals surface area (Å²) < 4.78 is 19.2. The van der Waals surface area contributed by atoms with Crippen molar-refractivity contribution in [3.63, 3.8) is 0 Å². The minimum atomic E-state index is -0.559. The van der Waals surface area contributed by atoms with Crippen molar-refractivity contribution in [2.75, 3.05) is 13.1 Å². The van der Waals surface area contributed by atoms with Gasteiger partial charge in [0.15, 0.2) is 0 Å². The Balaban J connectivity index is 2.69. The van der Waals surface area contributed by atoms with Gasteiger partial charge in [-0.3, -0.25) is 0 Å². The molecule has 0 aliphatic heterocycles. The first kappa shape index (κ1) is 16.4. The average Bonchev–Trinajstić information content (AvgIpc) is 2.32. The first-order chi connectivity index (χ1) is 9.24. The second-order valence-corrected chi connectivity index (χ2v) is 5.79. The van der Waals surface area contributed by atoms with Crippen LogP contribution in [0.1, 0.15) is 37.8 Å². The molecule has 5 heteroatoms. The van der Waals surface area contributed by atoms with Crippen LogP contribution in [0.25, 0.3) is 0 Å². The van der Waals surface area contributed by atoms with Crippen molar-refractivity contribution in [1.82, 2.24) is 5.32 Å². The van der Waals surface area contributed by atoms with Crippen molar-refractivity contribution >= 4 is 6.09 Å². The third-order valence-electron chi connectivity index (χ3n) is 2.84. The molecule has 4 nitrogen and oxygen atoms in total. The van der Waals surface area contributed by atoms with E-state index >= 15 is 0 Å². The predicted molar refractivity (Wildman–Crippen MR) is 77.2 cm³/mol. The Morgan fingerprint density at radius 2 is 2.10 bits per heavy atom. The third-order valence-corrected chi connectivity index (χ3v) is 2.84. The van der Waals surface area contributed by atoms with E-state index in [-0.39, 0.29) is 24.8 Å². The summed E-state index contributed by atoms with van der Waals surface area (Å²) >= 11 is 0. The fourth-order valence-corrected chi connectivity index (χ4v) is 1.83. The number of nitrogens with one attached hydrogen (secondary N) is 1. The lowest BCUT2D eigenvalue weighted by Gasteiger charge is -2.22. The molecule has 0 bridgehead atoms. The highest BCUT2D eigenvalue weighted by Crippen LogP contribution is 2.20. The van der Waals surface area contributed by atoms with Crippen LogP contribution in [0.3, 0.4) is 0 Å². The second kappa shape index (κ2) is 6.70. The van der Waals surface area contributed by atoms with Crippen molar-refractivity contribution in [2.45, 2.75) is 39.2 Å². The first-order valence-electron chi connectivity index (χ1n) is 6.66. The van der Waals surface area contributed by atoms with E-state index in [9.17, 15) is 9.18 Å². The van der Waals surface area contributed by atoms with Crippen LogP contribution in [-0.2, 0) is 4.74 Å². The number of rotatable bonds is 4. The van der Waals surface area contributed by atoms with Gasteiger partial charge in [0, 0.05) is 19.0 Å². The molecule has 1 unspecified atom stereocenters. The normalized spacial score (nSPS) is 12.9. The maximum absolute atomic E-state index is 14.0. The zero-order valence-electron chi connectivity index (χ0n) is 12.5. The summed E-state index contributed by atoms with van der Waals surface area (Å²) in [5.41, 5.74) is 6.20. The Hall–Kier alpha value is -1.62. The Morgan fingerprint density at radius 3 is 2.65 bits per heavy atom. The Kier molecular flexibility index (Phi) is 5.51. The van der Waals surface area contributed by atoms with Crippen LogP contribution >= 0.6 is 0 Å². The molecule has 0 spiro atoms. The molecule has 0 heterocycles. The molecule has 1 atom stereocenters. The molecule has 0 aliphatic rings. The Morgan fingerprint density at radius 1 is 1.45 bits per heavy atom. The smallest absolute Gasteiger partial charge is 0.407 e. The molecule has 1 aromatic rings. The number of hydrogen-bond acceptors (Lipinski definition) is 3. The molecule has 0 radical (unpaired) electrons. The maximum Gasteiger partial charge on any atom is 0.407 e. The van der Waals surface area contributed by atoms with Crippen LogP contribution in [0.15, 0.2) is 18.2 Å². The molecule has 0 aromatic heterocycles. The number of carbonyl (C=O) groups excluding carboxylic acids is 1. The molecular formula is C15H23FN2O2. The Bertz CT molecular complexity index is 469. The number of alkyl carbamates (subject to hydrolysis) is 1. The first-order valence-corrected chi connectivity index (χ1v) is 6.66. The number of hydrogen-bond donors (Lipinski definition) is 2. The molecule has 0 fully saturated rings. The summed E-state index contributed by atoms with van der Waals surface area (Å²) in [4.78, 5) is 11.6. The van der Waals surface area contributed by atoms with Gasteiger partial charge >= 0.3 is 6.09 Å². The number of benzene rings is 1. The zero-order valence-corrected chi connectivity index (χ0v) is 12.5. The minimum absolute atomic E-state index is 0.242. The van der Waals surface area contributed by atoms with E-state index in [1.54, 1.807) is 45.9 Å². The monoisotopic (exact) mass is 282 g/mol. The molecule has 0 saturated heterocycles. The van der Waals surface area contributed by atoms with Crippen LogP contribution in [0.2, 0.25) is 0 Å². The molecule has 1 amide bonds. The van der Waals surface area contributed by atoms with Gasteiger partial charge < -0.3 is 15.8 Å². The van der Waals surface area contributed by atoms with E-state index in [0.717, 1.165) is 0 Å². The number of amides is 1. The number of nitrogens with two attached hydrogens (primary N) is 1. The van der Waals surface area contributed by atoms with Gasteiger partial charge in [0.2, 0.25) is 0 Å². The van der Waals surface area contributed by atoms with E-state index in [4.69, 9.17) is 10.5 Å². The van der Waals surface area contributed by atoms with Crippen molar-refractivity contribution in [3.8, 4) is 0 Å². The number of aryl methyl sites for hydroxylation is 1. The van der Waals surface area contributed by atoms with Gasteiger partial charge in [-0.2, -0.15) is 0 Å². The van der Waals surface area contributed by atoms with E-state index < -0.39 is 11.7 Å². The average molecular weight is 282 g/mol. The summed E-state index contributed by atoms with van der Waals surface area (Å²) in [5, 5.41) is 2.63. The highest BCUT2D eigenvalue weighted by atomic mass is 19.1. The standard InChI is InChI=1S/C15H23FN2O2/c1-10-6-5-7-12(13(10)16)11(8-17)9-18-14(19)20-15(2,3)4/h5-7,11H,8-9,17H2,1-4H3,(H,18,19). The van der Waals surface area contributed by atoms with Gasteiger partial charge in [-0.1, -0.05) is 18.2 Å². The second-order valence-electron chi connectivity index (χ2n) is 5.79. The fourth-order valence-electron chi connectivity index (χ4n) is 1.83. The van der Waals surface area contributed by atoms with E-state index in [2.05, 4.69) is 5.32 Å². The quantitative estimate of drug-likeness (QED) is 0.892. The topological polar surface area (TPSA) is 64.3 Å². The van der Waals surface area contributed by atoms with E-state index in [0.29, 0.717) is 11.1 Å². The molecule has 3 N–H and O–H groups in total. The van der Waals surface area contributed by atoms with Crippen molar-refractivity contribution < 1.29 is 13.9 Å². The van der Waals surface area contributed by atoms with Crippen molar-refractivity contribution in [1.29, 1.82) is 0 Å². The third kappa shape index (κ3) is 4.81. The number of ether oxygens (including phenoxy) is 1. The SMILES string of the molecule is Cc1cccc(C(CN)CNC(=O)OC(C)(C)C)c1F. The minimum Gasteiger partial charge on any atom is -0.444 e. The van der Waals surface area contributed by atoms with Gasteiger partial charge in [-0.25, -0.2) is 9.18 Å². The fraction of sp³-hybridized carbons (Fsp3) is 0.533. The molecule has 0 saturated carbocycles. The zero-order chi connectivity index (χ0) is 15.3. The van der Waals surface area contributed by atoms with Crippen LogP contribution in [0, 0.1) is 12.7 Å². The Labute approximate surface area is 119 Å². The molecule has 112 valence electrons. The van der Waals surface area contributed by atoms with E-state index in [1.807, 2.05) is 0 Å². The van der Waals surface area contributed by atoms with Crippen LogP contribution in [-0.4, -0.2) is 24.8 Å². The summed E-state index contributed by atoms with van der Waals surface area (Å²) in [5.74, 6) is -0.545. The molecular weight excluding hydrogens is 259 g/mol. The maximum atomic E-state index is 14.0. The lowest BCUT2D eigenvalue weighted by Crippen LogP contribution is -2.36. The summed E-state index contributed by atoms with van der Waals surface area (Å²) in [6.45, 7) is 7.54.